The second-order valence-electron chi connectivity index (χ2n) is 15.4. The van der Waals surface area contributed by atoms with Crippen LogP contribution in [0, 0.1) is 20.8 Å². The Hall–Kier alpha value is -3.95. The van der Waals surface area contributed by atoms with Crippen LogP contribution < -0.4 is 0 Å². The van der Waals surface area contributed by atoms with E-state index in [9.17, 15) is 14.7 Å². The molecule has 0 aliphatic carbocycles. The summed E-state index contributed by atoms with van der Waals surface area (Å²) in [5.74, 6) is -1.26. The van der Waals surface area contributed by atoms with Crippen molar-refractivity contribution in [3.8, 4) is 0 Å². The summed E-state index contributed by atoms with van der Waals surface area (Å²) in [4.78, 5) is 46.6. The molecular formula is C46H62CoN5O3-. The van der Waals surface area contributed by atoms with Crippen LogP contribution >= 0.6 is 0 Å². The summed E-state index contributed by atoms with van der Waals surface area (Å²) in [7, 11) is 1.85. The Morgan fingerprint density at radius 2 is 1.49 bits per heavy atom. The fourth-order valence-electron chi connectivity index (χ4n) is 8.34. The molecule has 9 heteroatoms. The van der Waals surface area contributed by atoms with Gasteiger partial charge in [0.05, 0.1) is 23.4 Å². The SMILES string of the molecule is C=Cc1c(C)c2cc3nc(c(CC(=O)N(C)CCCCCCCCCCCC)c4nc(cc5[nH]c(cc1[nH]2)c(C)c5CC)C(C)=C4C(=O)O)[C@@H](C[CH2-])[C@@H]3C.[Co]. The van der Waals surface area contributed by atoms with E-state index in [1.54, 1.807) is 4.90 Å². The summed E-state index contributed by atoms with van der Waals surface area (Å²) < 4.78 is 0. The molecule has 5 rings (SSSR count). The van der Waals surface area contributed by atoms with Gasteiger partial charge in [0.1, 0.15) is 0 Å². The molecule has 55 heavy (non-hydrogen) atoms. The summed E-state index contributed by atoms with van der Waals surface area (Å²) in [6.07, 6.45) is 15.5. The molecule has 3 N–H and O–H groups in total. The van der Waals surface area contributed by atoms with E-state index in [-0.39, 0.29) is 46.5 Å². The molecule has 3 aromatic heterocycles. The van der Waals surface area contributed by atoms with Crippen molar-refractivity contribution in [3.63, 3.8) is 0 Å². The number of aryl methyl sites for hydroxylation is 3. The zero-order valence-electron chi connectivity index (χ0n) is 34.2. The molecule has 1 radical (unpaired) electrons. The topological polar surface area (TPSA) is 115 Å². The minimum absolute atomic E-state index is 0. The first-order valence-corrected chi connectivity index (χ1v) is 20.3. The van der Waals surface area contributed by atoms with Crippen LogP contribution in [0.15, 0.2) is 24.8 Å². The number of unbranched alkanes of at least 4 members (excludes halogenated alkanes) is 9. The summed E-state index contributed by atoms with van der Waals surface area (Å²) >= 11 is 0. The molecule has 2 aliphatic rings. The van der Waals surface area contributed by atoms with E-state index in [0.717, 1.165) is 69.3 Å². The average Bonchev–Trinajstić information content (AvgIpc) is 3.83. The van der Waals surface area contributed by atoms with Gasteiger partial charge in [-0.25, -0.2) is 9.78 Å². The van der Waals surface area contributed by atoms with Crippen molar-refractivity contribution in [2.45, 2.75) is 137 Å². The number of fused-ring (bicyclic) bond motifs is 8. The van der Waals surface area contributed by atoms with E-state index in [2.05, 4.69) is 70.2 Å². The smallest absolute Gasteiger partial charge is 0.338 e. The fourth-order valence-corrected chi connectivity index (χ4v) is 8.34. The maximum absolute atomic E-state index is 14.1. The Kier molecular flexibility index (Phi) is 15.7. The van der Waals surface area contributed by atoms with Gasteiger partial charge in [-0.3, -0.25) is 9.78 Å². The van der Waals surface area contributed by atoms with Gasteiger partial charge in [-0.05, 0) is 80.0 Å². The molecule has 0 unspecified atom stereocenters. The number of amides is 1. The molecule has 8 nitrogen and oxygen atoms in total. The molecule has 0 aromatic carbocycles. The van der Waals surface area contributed by atoms with Crippen LogP contribution in [0.5, 0.6) is 0 Å². The van der Waals surface area contributed by atoms with Crippen molar-refractivity contribution < 1.29 is 31.5 Å². The van der Waals surface area contributed by atoms with Crippen molar-refractivity contribution >= 4 is 51.2 Å². The Balaban J connectivity index is 0.00000673. The predicted molar refractivity (Wildman–Crippen MR) is 224 cm³/mol. The number of carbonyl (C=O) groups excluding carboxylic acids is 1. The number of H-pyrrole nitrogens is 2. The number of rotatable bonds is 17. The molecule has 1 amide bonds. The van der Waals surface area contributed by atoms with Gasteiger partial charge in [-0.15, -0.1) is 0 Å². The van der Waals surface area contributed by atoms with Gasteiger partial charge in [0.2, 0.25) is 5.91 Å². The number of nitrogens with one attached hydrogen (secondary N) is 2. The zero-order valence-corrected chi connectivity index (χ0v) is 35.3. The third kappa shape index (κ3) is 9.54. The number of hydrogen-bond donors (Lipinski definition) is 3. The maximum atomic E-state index is 14.1. The van der Waals surface area contributed by atoms with Gasteiger partial charge >= 0.3 is 5.97 Å². The molecule has 8 bridgehead atoms. The average molecular weight is 792 g/mol. The van der Waals surface area contributed by atoms with Gasteiger partial charge < -0.3 is 26.9 Å². The van der Waals surface area contributed by atoms with Gasteiger partial charge in [-0.1, -0.05) is 91.2 Å². The van der Waals surface area contributed by atoms with Crippen molar-refractivity contribution in [3.05, 3.63) is 82.3 Å². The summed E-state index contributed by atoms with van der Waals surface area (Å²) in [5.41, 5.74) is 11.8. The number of hydrogen-bond acceptors (Lipinski definition) is 4. The number of allylic oxidation sites excluding steroid dienone is 1. The van der Waals surface area contributed by atoms with E-state index in [0.29, 0.717) is 41.2 Å². The van der Waals surface area contributed by atoms with Crippen LogP contribution in [0.2, 0.25) is 0 Å². The first-order valence-electron chi connectivity index (χ1n) is 20.3. The third-order valence-corrected chi connectivity index (χ3v) is 11.9. The Bertz CT molecular complexity index is 2070. The number of aromatic nitrogens is 4. The molecule has 0 spiro atoms. The minimum Gasteiger partial charge on any atom is -0.478 e. The number of aliphatic carboxylic acids is 1. The largest absolute Gasteiger partial charge is 0.478 e. The van der Waals surface area contributed by atoms with Crippen LogP contribution in [0.4, 0.5) is 0 Å². The second kappa shape index (κ2) is 19.8. The number of carboxylic acids is 1. The van der Waals surface area contributed by atoms with Crippen LogP contribution in [0.3, 0.4) is 0 Å². The van der Waals surface area contributed by atoms with Crippen molar-refractivity contribution in [1.82, 2.24) is 24.8 Å². The van der Waals surface area contributed by atoms with E-state index in [1.807, 2.05) is 26.1 Å². The van der Waals surface area contributed by atoms with Crippen molar-refractivity contribution in [2.75, 3.05) is 13.6 Å². The Morgan fingerprint density at radius 3 is 2.09 bits per heavy atom. The molecule has 299 valence electrons. The van der Waals surface area contributed by atoms with Gasteiger partial charge in [0.15, 0.2) is 0 Å². The summed E-state index contributed by atoms with van der Waals surface area (Å²) in [6, 6.07) is 6.17. The van der Waals surface area contributed by atoms with Gasteiger partial charge in [0.25, 0.3) is 0 Å². The molecule has 2 aliphatic heterocycles. The standard InChI is InChI=1S/C46H62N5O3.Co/c1-10-14-15-16-17-18-19-20-21-22-23-51(9)42(52)24-35-44-34(13-4)30(7)38(49-44)25-36-28(5)32(11-2)40(47-36)26-37-29(6)33(12-3)41(48-37)27-39-31(8)43(46(53)54)45(35)50-39;/h11,25-27,30,34,47-48H,2,4,10,12-24H2,1,3,5-9H3,(H,53,54);/q-1;/t30-,34-;/m0./s1. The third-order valence-electron chi connectivity index (χ3n) is 11.9. The number of nitrogens with zero attached hydrogens (tertiary/aromatic N) is 3. The zero-order chi connectivity index (χ0) is 39.1. The van der Waals surface area contributed by atoms with Crippen LogP contribution in [0.25, 0.3) is 39.3 Å². The van der Waals surface area contributed by atoms with Gasteiger partial charge in [-0.2, -0.15) is 6.42 Å². The van der Waals surface area contributed by atoms with Crippen molar-refractivity contribution in [1.29, 1.82) is 0 Å². The molecule has 3 aromatic rings. The van der Waals surface area contributed by atoms with E-state index < -0.39 is 5.97 Å². The molecular weight excluding hydrogens is 729 g/mol. The summed E-state index contributed by atoms with van der Waals surface area (Å²) in [5, 5.41) is 10.7. The Morgan fingerprint density at radius 1 is 0.873 bits per heavy atom. The predicted octanol–water partition coefficient (Wildman–Crippen LogP) is 11.2. The van der Waals surface area contributed by atoms with E-state index in [4.69, 9.17) is 9.97 Å². The van der Waals surface area contributed by atoms with E-state index >= 15 is 0 Å². The quantitative estimate of drug-likeness (QED) is 0.0930. The van der Waals surface area contributed by atoms with Gasteiger partial charge in [0, 0.05) is 80.9 Å². The number of aromatic amines is 2. The minimum atomic E-state index is -1.07. The normalized spacial score (nSPS) is 15.3. The molecule has 2 atom stereocenters. The molecule has 5 heterocycles. The van der Waals surface area contributed by atoms with Crippen LogP contribution in [-0.2, 0) is 39.2 Å². The molecule has 0 saturated heterocycles. The molecule has 0 fully saturated rings. The summed E-state index contributed by atoms with van der Waals surface area (Å²) in [6.45, 7) is 21.6. The number of carboxylic acid groups (broad SMARTS) is 1. The fraction of sp³-hybridized carbons (Fsp3) is 0.500. The van der Waals surface area contributed by atoms with Crippen LogP contribution in [0.1, 0.15) is 161 Å². The molecule has 0 saturated carbocycles. The van der Waals surface area contributed by atoms with Crippen LogP contribution in [-0.4, -0.2) is 55.4 Å². The number of likely N-dealkylation sites (N-methyl/N-ethyl adjacent to an activating group) is 1. The first kappa shape index (κ1) is 43.8. The van der Waals surface area contributed by atoms with Crippen molar-refractivity contribution in [2.24, 2.45) is 0 Å². The maximum Gasteiger partial charge on any atom is 0.338 e. The number of carbonyl (C=O) groups is 2. The second-order valence-corrected chi connectivity index (χ2v) is 15.4. The van der Waals surface area contributed by atoms with E-state index in [1.165, 1.54) is 51.4 Å². The monoisotopic (exact) mass is 791 g/mol. The first-order chi connectivity index (χ1) is 25.9. The Labute approximate surface area is 338 Å².